The standard InChI is InChI=1S/C29H26O7/c1-16(2)11-12-28-26(32)18-13-20-25(31)24-22(30)9-6-10-23(24)36-29(20,28)21(15-35-28)19(18)14-34-27(33)17-7-4-3-5-8-17/h3-11,13,18-19,21,30H,12,14-15H2,1-2H3/t18-,19+,21-,28?,29-/m1/s1. The zero-order valence-corrected chi connectivity index (χ0v) is 20.0. The lowest BCUT2D eigenvalue weighted by Gasteiger charge is -2.58. The van der Waals surface area contributed by atoms with Crippen LogP contribution in [0.15, 0.2) is 71.8 Å². The smallest absolute Gasteiger partial charge is 0.338 e. The topological polar surface area (TPSA) is 99.1 Å². The Morgan fingerprint density at radius 1 is 1.14 bits per heavy atom. The van der Waals surface area contributed by atoms with Crippen LogP contribution in [0.2, 0.25) is 0 Å². The summed E-state index contributed by atoms with van der Waals surface area (Å²) in [6, 6.07) is 13.4. The number of aromatic hydroxyl groups is 1. The number of fused-ring (bicyclic) bond motifs is 1. The van der Waals surface area contributed by atoms with Crippen molar-refractivity contribution in [3.05, 3.63) is 83.0 Å². The van der Waals surface area contributed by atoms with Gasteiger partial charge in [0.25, 0.3) is 0 Å². The summed E-state index contributed by atoms with van der Waals surface area (Å²) in [4.78, 5) is 40.5. The van der Waals surface area contributed by atoms with Crippen LogP contribution in [0.4, 0.5) is 0 Å². The van der Waals surface area contributed by atoms with E-state index in [1.54, 1.807) is 42.5 Å². The van der Waals surface area contributed by atoms with Crippen LogP contribution in [0, 0.1) is 17.8 Å². The molecule has 0 amide bonds. The maximum atomic E-state index is 14.1. The summed E-state index contributed by atoms with van der Waals surface area (Å²) >= 11 is 0. The zero-order valence-electron chi connectivity index (χ0n) is 20.0. The normalized spacial score (nSPS) is 31.2. The molecule has 5 atom stereocenters. The molecule has 7 nitrogen and oxygen atoms in total. The van der Waals surface area contributed by atoms with E-state index in [1.165, 1.54) is 6.07 Å². The van der Waals surface area contributed by atoms with Crippen molar-refractivity contribution in [2.45, 2.75) is 31.5 Å². The lowest BCUT2D eigenvalue weighted by atomic mass is 9.49. The second-order valence-corrected chi connectivity index (χ2v) is 10.1. The Labute approximate surface area is 208 Å². The summed E-state index contributed by atoms with van der Waals surface area (Å²) in [5.41, 5.74) is -0.862. The molecule has 1 spiro atoms. The lowest BCUT2D eigenvalue weighted by molar-refractivity contribution is -0.172. The third-order valence-electron chi connectivity index (χ3n) is 8.02. The minimum Gasteiger partial charge on any atom is -0.507 e. The van der Waals surface area contributed by atoms with Crippen LogP contribution < -0.4 is 4.74 Å². The fourth-order valence-corrected chi connectivity index (χ4v) is 6.38. The molecule has 2 aromatic rings. The number of ether oxygens (including phenoxy) is 3. The summed E-state index contributed by atoms with van der Waals surface area (Å²) in [7, 11) is 0. The Balaban J connectivity index is 1.44. The van der Waals surface area contributed by atoms with Crippen molar-refractivity contribution >= 4 is 17.5 Å². The van der Waals surface area contributed by atoms with Crippen LogP contribution in [0.25, 0.3) is 0 Å². The number of benzene rings is 2. The molecule has 1 unspecified atom stereocenters. The number of ketones is 2. The SMILES string of the molecule is CC(C)=CCC12OC[C@@H]3[C@@H](COC(=O)c4ccccc4)[C@@H](C=C4C(=O)c5c(O)cccc5O[C@]431)C2=O. The largest absolute Gasteiger partial charge is 0.507 e. The summed E-state index contributed by atoms with van der Waals surface area (Å²) in [6.07, 6.45) is 3.85. The first kappa shape index (κ1) is 22.7. The van der Waals surface area contributed by atoms with E-state index < -0.39 is 34.9 Å². The first-order valence-corrected chi connectivity index (χ1v) is 12.1. The minimum absolute atomic E-state index is 0.00708. The van der Waals surface area contributed by atoms with Crippen molar-refractivity contribution in [2.24, 2.45) is 17.8 Å². The van der Waals surface area contributed by atoms with Gasteiger partial charge in [0.1, 0.15) is 17.1 Å². The summed E-state index contributed by atoms with van der Waals surface area (Å²) in [6.45, 7) is 4.06. The highest BCUT2D eigenvalue weighted by Gasteiger charge is 2.79. The van der Waals surface area contributed by atoms with Gasteiger partial charge in [-0.25, -0.2) is 4.79 Å². The number of esters is 1. The molecule has 184 valence electrons. The predicted molar refractivity (Wildman–Crippen MR) is 129 cm³/mol. The van der Waals surface area contributed by atoms with Gasteiger partial charge in [-0.2, -0.15) is 0 Å². The van der Waals surface area contributed by atoms with Gasteiger partial charge in [0.2, 0.25) is 0 Å². The van der Waals surface area contributed by atoms with Crippen molar-refractivity contribution in [3.63, 3.8) is 0 Å². The van der Waals surface area contributed by atoms with E-state index in [-0.39, 0.29) is 48.3 Å². The lowest BCUT2D eigenvalue weighted by Crippen LogP contribution is -2.74. The van der Waals surface area contributed by atoms with Gasteiger partial charge in [0.05, 0.1) is 18.8 Å². The number of rotatable bonds is 5. The molecule has 2 aromatic carbocycles. The van der Waals surface area contributed by atoms with Crippen LogP contribution >= 0.6 is 0 Å². The van der Waals surface area contributed by atoms with Gasteiger partial charge in [-0.15, -0.1) is 0 Å². The highest BCUT2D eigenvalue weighted by molar-refractivity contribution is 6.18. The quantitative estimate of drug-likeness (QED) is 0.503. The van der Waals surface area contributed by atoms with E-state index in [0.29, 0.717) is 11.1 Å². The van der Waals surface area contributed by atoms with Gasteiger partial charge in [-0.3, -0.25) is 9.59 Å². The average molecular weight is 487 g/mol. The maximum Gasteiger partial charge on any atom is 0.338 e. The summed E-state index contributed by atoms with van der Waals surface area (Å²) in [5.74, 6) is -2.43. The molecule has 36 heavy (non-hydrogen) atoms. The number of hydrogen-bond donors (Lipinski definition) is 1. The van der Waals surface area contributed by atoms with Crippen molar-refractivity contribution in [1.29, 1.82) is 0 Å². The Morgan fingerprint density at radius 2 is 1.92 bits per heavy atom. The first-order chi connectivity index (χ1) is 17.3. The molecule has 2 heterocycles. The van der Waals surface area contributed by atoms with Crippen LogP contribution in [-0.2, 0) is 14.3 Å². The molecule has 1 N–H and O–H groups in total. The van der Waals surface area contributed by atoms with Crippen molar-refractivity contribution < 1.29 is 33.7 Å². The van der Waals surface area contributed by atoms with E-state index in [9.17, 15) is 19.5 Å². The third-order valence-corrected chi connectivity index (χ3v) is 8.02. The summed E-state index contributed by atoms with van der Waals surface area (Å²) in [5, 5.41) is 10.4. The molecule has 0 radical (unpaired) electrons. The number of phenols is 1. The number of Topliss-reactive ketones (excluding diaryl/α,β-unsaturated/α-hetero) is 2. The highest BCUT2D eigenvalue weighted by atomic mass is 16.6. The van der Waals surface area contributed by atoms with Gasteiger partial charge >= 0.3 is 5.97 Å². The van der Waals surface area contributed by atoms with Gasteiger partial charge in [0, 0.05) is 29.7 Å². The predicted octanol–water partition coefficient (Wildman–Crippen LogP) is 4.06. The Hall–Kier alpha value is -3.71. The Bertz CT molecular complexity index is 1350. The zero-order chi connectivity index (χ0) is 25.2. The number of allylic oxidation sites excluding steroid dienone is 2. The van der Waals surface area contributed by atoms with Gasteiger partial charge < -0.3 is 19.3 Å². The number of phenolic OH excluding ortho intramolecular Hbond substituents is 1. The fraction of sp³-hybridized carbons (Fsp3) is 0.345. The molecule has 3 aliphatic carbocycles. The van der Waals surface area contributed by atoms with E-state index in [0.717, 1.165) is 5.57 Å². The van der Waals surface area contributed by atoms with E-state index in [1.807, 2.05) is 26.0 Å². The van der Waals surface area contributed by atoms with Gasteiger partial charge in [0.15, 0.2) is 22.8 Å². The number of hydrogen-bond acceptors (Lipinski definition) is 7. The molecule has 1 saturated heterocycles. The maximum absolute atomic E-state index is 14.1. The molecule has 4 bridgehead atoms. The van der Waals surface area contributed by atoms with Gasteiger partial charge in [-0.1, -0.05) is 42.0 Å². The monoisotopic (exact) mass is 486 g/mol. The molecular formula is C29H26O7. The van der Waals surface area contributed by atoms with E-state index >= 15 is 0 Å². The molecule has 7 rings (SSSR count). The molecule has 5 aliphatic rings. The van der Waals surface area contributed by atoms with Crippen molar-refractivity contribution in [1.82, 2.24) is 0 Å². The van der Waals surface area contributed by atoms with Crippen LogP contribution in [0.5, 0.6) is 11.5 Å². The minimum atomic E-state index is -1.37. The van der Waals surface area contributed by atoms with Crippen LogP contribution in [-0.4, -0.2) is 47.1 Å². The van der Waals surface area contributed by atoms with Crippen molar-refractivity contribution in [3.8, 4) is 11.5 Å². The number of carbonyl (C=O) groups is 3. The van der Waals surface area contributed by atoms with E-state index in [4.69, 9.17) is 14.2 Å². The molecule has 2 fully saturated rings. The second kappa shape index (κ2) is 7.90. The molecule has 1 saturated carbocycles. The molecule has 0 aromatic heterocycles. The average Bonchev–Trinajstić information content (AvgIpc) is 3.15. The van der Waals surface area contributed by atoms with E-state index in [2.05, 4.69) is 0 Å². The van der Waals surface area contributed by atoms with Crippen LogP contribution in [0.1, 0.15) is 41.0 Å². The molecular weight excluding hydrogens is 460 g/mol. The first-order valence-electron chi connectivity index (χ1n) is 12.1. The fourth-order valence-electron chi connectivity index (χ4n) is 6.38. The number of carbonyl (C=O) groups excluding carboxylic acids is 3. The molecule has 7 heteroatoms. The van der Waals surface area contributed by atoms with Crippen LogP contribution in [0.3, 0.4) is 0 Å². The third kappa shape index (κ3) is 2.86. The Kier molecular flexibility index (Phi) is 4.99. The van der Waals surface area contributed by atoms with Gasteiger partial charge in [-0.05, 0) is 38.1 Å². The molecule has 2 aliphatic heterocycles. The second-order valence-electron chi connectivity index (χ2n) is 10.1. The Morgan fingerprint density at radius 3 is 2.67 bits per heavy atom. The summed E-state index contributed by atoms with van der Waals surface area (Å²) < 4.78 is 18.6. The van der Waals surface area contributed by atoms with Crippen molar-refractivity contribution in [2.75, 3.05) is 13.2 Å². The highest BCUT2D eigenvalue weighted by Crippen LogP contribution is 2.65.